The van der Waals surface area contributed by atoms with Gasteiger partial charge in [0.1, 0.15) is 0 Å². The van der Waals surface area contributed by atoms with Crippen molar-refractivity contribution in [3.05, 3.63) is 35.2 Å². The van der Waals surface area contributed by atoms with Gasteiger partial charge < -0.3 is 14.4 Å². The number of rotatable bonds is 3. The summed E-state index contributed by atoms with van der Waals surface area (Å²) in [6.07, 6.45) is 8.07. The van der Waals surface area contributed by atoms with Crippen LogP contribution in [0.25, 0.3) is 0 Å². The Kier molecular flexibility index (Phi) is 2.91. The minimum atomic E-state index is 0.488. The predicted octanol–water partition coefficient (Wildman–Crippen LogP) is 1.82. The number of nitrogens with zero attached hydrogens (tertiary/aromatic N) is 3. The van der Waals surface area contributed by atoms with E-state index in [0.29, 0.717) is 18.5 Å². The number of aromatic nitrogens is 3. The van der Waals surface area contributed by atoms with Crippen LogP contribution in [0.3, 0.4) is 0 Å². The summed E-state index contributed by atoms with van der Waals surface area (Å²) in [5.41, 5.74) is 2.87. The van der Waals surface area contributed by atoms with Gasteiger partial charge in [0.15, 0.2) is 5.82 Å². The van der Waals surface area contributed by atoms with Crippen molar-refractivity contribution >= 4 is 0 Å². The van der Waals surface area contributed by atoms with Crippen LogP contribution >= 0.6 is 0 Å². The van der Waals surface area contributed by atoms with E-state index in [1.165, 1.54) is 30.4 Å². The van der Waals surface area contributed by atoms with Crippen LogP contribution in [0.5, 0.6) is 0 Å². The zero-order valence-corrected chi connectivity index (χ0v) is 10.8. The highest BCUT2D eigenvalue weighted by Crippen LogP contribution is 2.30. The first-order valence-electron chi connectivity index (χ1n) is 6.41. The van der Waals surface area contributed by atoms with Gasteiger partial charge >= 0.3 is 0 Å². The van der Waals surface area contributed by atoms with Gasteiger partial charge in [0.05, 0.1) is 6.54 Å². The summed E-state index contributed by atoms with van der Waals surface area (Å²) in [5, 5.41) is 7.31. The molecular weight excluding hydrogens is 228 g/mol. The van der Waals surface area contributed by atoms with Crippen LogP contribution in [0.2, 0.25) is 0 Å². The van der Waals surface area contributed by atoms with Gasteiger partial charge in [-0.3, -0.25) is 0 Å². The molecule has 5 nitrogen and oxygen atoms in total. The lowest BCUT2D eigenvalue weighted by atomic mass is 9.91. The number of hydrogen-bond donors (Lipinski definition) is 1. The zero-order chi connectivity index (χ0) is 12.5. The second-order valence-corrected chi connectivity index (χ2v) is 4.87. The summed E-state index contributed by atoms with van der Waals surface area (Å²) in [4.78, 5) is 4.24. The number of aryl methyl sites for hydroxylation is 2. The van der Waals surface area contributed by atoms with Crippen molar-refractivity contribution < 1.29 is 4.52 Å². The number of fused-ring (bicyclic) bond motifs is 1. The Morgan fingerprint density at radius 1 is 1.50 bits per heavy atom. The highest BCUT2D eigenvalue weighted by atomic mass is 16.5. The quantitative estimate of drug-likeness (QED) is 0.897. The van der Waals surface area contributed by atoms with Crippen LogP contribution in [-0.4, -0.2) is 21.8 Å². The van der Waals surface area contributed by atoms with E-state index < -0.39 is 0 Å². The van der Waals surface area contributed by atoms with E-state index >= 15 is 0 Å². The van der Waals surface area contributed by atoms with Crippen LogP contribution in [0.4, 0.5) is 0 Å². The Morgan fingerprint density at radius 2 is 2.39 bits per heavy atom. The molecule has 0 amide bonds. The molecule has 0 spiro atoms. The average Bonchev–Trinajstić information content (AvgIpc) is 2.94. The Balaban J connectivity index is 1.84. The summed E-state index contributed by atoms with van der Waals surface area (Å²) in [7, 11) is 2.03. The summed E-state index contributed by atoms with van der Waals surface area (Å²) >= 11 is 0. The smallest absolute Gasteiger partial charge is 0.223 e. The van der Waals surface area contributed by atoms with Crippen molar-refractivity contribution in [1.29, 1.82) is 0 Å². The molecule has 1 unspecified atom stereocenters. The highest BCUT2D eigenvalue weighted by Gasteiger charge is 2.20. The molecule has 0 radical (unpaired) electrons. The van der Waals surface area contributed by atoms with Gasteiger partial charge in [0.2, 0.25) is 5.89 Å². The van der Waals surface area contributed by atoms with Crippen molar-refractivity contribution in [1.82, 2.24) is 20.0 Å². The van der Waals surface area contributed by atoms with Gasteiger partial charge in [0, 0.05) is 25.4 Å². The molecule has 18 heavy (non-hydrogen) atoms. The van der Waals surface area contributed by atoms with Crippen molar-refractivity contribution in [3.63, 3.8) is 0 Å². The van der Waals surface area contributed by atoms with Crippen molar-refractivity contribution in [2.24, 2.45) is 0 Å². The molecule has 1 N–H and O–H groups in total. The summed E-state index contributed by atoms with van der Waals surface area (Å²) in [6, 6.07) is 0.488. The Hall–Kier alpha value is -1.62. The van der Waals surface area contributed by atoms with E-state index in [-0.39, 0.29) is 0 Å². The molecule has 0 saturated carbocycles. The van der Waals surface area contributed by atoms with Crippen molar-refractivity contribution in [3.8, 4) is 0 Å². The van der Waals surface area contributed by atoms with Gasteiger partial charge in [-0.15, -0.1) is 0 Å². The lowest BCUT2D eigenvalue weighted by molar-refractivity contribution is 0.386. The maximum absolute atomic E-state index is 4.99. The van der Waals surface area contributed by atoms with Crippen molar-refractivity contribution in [2.45, 2.75) is 38.8 Å². The van der Waals surface area contributed by atoms with Crippen LogP contribution in [-0.2, 0) is 13.0 Å². The lowest BCUT2D eigenvalue weighted by Gasteiger charge is -2.21. The molecule has 0 saturated heterocycles. The van der Waals surface area contributed by atoms with E-state index in [9.17, 15) is 0 Å². The van der Waals surface area contributed by atoms with E-state index in [2.05, 4.69) is 32.4 Å². The molecule has 0 aromatic carbocycles. The third-order valence-electron chi connectivity index (χ3n) is 3.55. The summed E-state index contributed by atoms with van der Waals surface area (Å²) in [6.45, 7) is 2.50. The first-order valence-corrected chi connectivity index (χ1v) is 6.41. The lowest BCUT2D eigenvalue weighted by Crippen LogP contribution is -2.20. The highest BCUT2D eigenvalue weighted by molar-refractivity contribution is 5.30. The third kappa shape index (κ3) is 2.06. The first kappa shape index (κ1) is 11.5. The molecule has 96 valence electrons. The Labute approximate surface area is 106 Å². The molecule has 2 aromatic heterocycles. The van der Waals surface area contributed by atoms with E-state index in [1.54, 1.807) is 0 Å². The standard InChI is InChI=1S/C13H18N4O/c1-9-15-13(16-18-9)8-17-6-10-4-3-5-12(14-2)11(10)7-17/h6-7,12,14H,3-5,8H2,1-2H3. The van der Waals surface area contributed by atoms with Gasteiger partial charge in [-0.05, 0) is 37.4 Å². The Bertz CT molecular complexity index is 543. The minimum absolute atomic E-state index is 0.488. The number of hydrogen-bond acceptors (Lipinski definition) is 4. The van der Waals surface area contributed by atoms with Crippen molar-refractivity contribution in [2.75, 3.05) is 7.05 Å². The molecule has 2 aromatic rings. The normalized spacial score (nSPS) is 18.9. The zero-order valence-electron chi connectivity index (χ0n) is 10.8. The predicted molar refractivity (Wildman–Crippen MR) is 67.3 cm³/mol. The molecule has 5 heteroatoms. The monoisotopic (exact) mass is 246 g/mol. The second-order valence-electron chi connectivity index (χ2n) is 4.87. The van der Waals surface area contributed by atoms with Gasteiger partial charge in [-0.2, -0.15) is 4.98 Å². The summed E-state index contributed by atoms with van der Waals surface area (Å²) in [5.74, 6) is 1.36. The first-order chi connectivity index (χ1) is 8.76. The SMILES string of the molecule is CNC1CCCc2cn(Cc3noc(C)n3)cc21. The average molecular weight is 246 g/mol. The van der Waals surface area contributed by atoms with Gasteiger partial charge in [-0.25, -0.2) is 0 Å². The van der Waals surface area contributed by atoms with E-state index in [4.69, 9.17) is 4.52 Å². The molecule has 1 aliphatic rings. The van der Waals surface area contributed by atoms with Crippen LogP contribution in [0, 0.1) is 6.92 Å². The molecule has 1 atom stereocenters. The van der Waals surface area contributed by atoms with Crippen LogP contribution < -0.4 is 5.32 Å². The fourth-order valence-corrected chi connectivity index (χ4v) is 2.71. The van der Waals surface area contributed by atoms with E-state index in [0.717, 1.165) is 5.82 Å². The van der Waals surface area contributed by atoms with Gasteiger partial charge in [0.25, 0.3) is 0 Å². The van der Waals surface area contributed by atoms with Gasteiger partial charge in [-0.1, -0.05) is 5.16 Å². The maximum atomic E-state index is 4.99. The number of nitrogens with one attached hydrogen (secondary N) is 1. The molecule has 3 rings (SSSR count). The largest absolute Gasteiger partial charge is 0.346 e. The molecule has 2 heterocycles. The molecular formula is C13H18N4O. The van der Waals surface area contributed by atoms with Crippen LogP contribution in [0.1, 0.15) is 41.7 Å². The fraction of sp³-hybridized carbons (Fsp3) is 0.538. The molecule has 0 fully saturated rings. The Morgan fingerprint density at radius 3 is 3.11 bits per heavy atom. The minimum Gasteiger partial charge on any atom is -0.346 e. The fourth-order valence-electron chi connectivity index (χ4n) is 2.71. The van der Waals surface area contributed by atoms with Crippen LogP contribution in [0.15, 0.2) is 16.9 Å². The molecule has 0 bridgehead atoms. The second kappa shape index (κ2) is 4.57. The van der Waals surface area contributed by atoms with E-state index in [1.807, 2.05) is 14.0 Å². The molecule has 0 aliphatic heterocycles. The topological polar surface area (TPSA) is 55.9 Å². The molecule has 1 aliphatic carbocycles. The maximum Gasteiger partial charge on any atom is 0.223 e. The summed E-state index contributed by atoms with van der Waals surface area (Å²) < 4.78 is 7.15. The third-order valence-corrected chi connectivity index (χ3v) is 3.55.